The van der Waals surface area contributed by atoms with Crippen molar-refractivity contribution in [1.29, 1.82) is 0 Å². The van der Waals surface area contributed by atoms with Crippen LogP contribution >= 0.6 is 34.9 Å². The second-order valence-corrected chi connectivity index (χ2v) is 11.0. The van der Waals surface area contributed by atoms with Gasteiger partial charge in [0.15, 0.2) is 10.8 Å². The van der Waals surface area contributed by atoms with Gasteiger partial charge in [0.25, 0.3) is 11.8 Å². The van der Waals surface area contributed by atoms with Crippen LogP contribution in [0.5, 0.6) is 0 Å². The Balaban J connectivity index is 1.44. The van der Waals surface area contributed by atoms with Crippen LogP contribution in [0.4, 0.5) is 5.13 Å². The summed E-state index contributed by atoms with van der Waals surface area (Å²) in [5.74, 6) is -1.88. The Kier molecular flexibility index (Phi) is 8.52. The topological polar surface area (TPSA) is 183 Å². The van der Waals surface area contributed by atoms with Crippen LogP contribution in [0.2, 0.25) is 0 Å². The van der Waals surface area contributed by atoms with Gasteiger partial charge in [-0.1, -0.05) is 9.83 Å². The van der Waals surface area contributed by atoms with Crippen LogP contribution in [0.15, 0.2) is 51.7 Å². The molecule has 1 saturated heterocycles. The van der Waals surface area contributed by atoms with Gasteiger partial charge in [0, 0.05) is 33.4 Å². The summed E-state index contributed by atoms with van der Waals surface area (Å²) in [6, 6.07) is 2.85. The third kappa shape index (κ3) is 5.98. The third-order valence-electron chi connectivity index (χ3n) is 5.25. The molecule has 3 atom stereocenters. The molecule has 1 unspecified atom stereocenters. The number of aliphatic carboxylic acids is 1. The van der Waals surface area contributed by atoms with Crippen molar-refractivity contribution in [3.8, 4) is 0 Å². The number of nitrogens with two attached hydrogens (primary N) is 1. The fourth-order valence-corrected chi connectivity index (χ4v) is 6.68. The SMILES string of the molecule is CO/N=C(\C(=O)N[C@@H]1C(=O)N2C(C(=O)O)=CC(CSc3cc[n+](NCCO)cc3)S[C@H]12)c1csc(N)n1. The first-order valence-electron chi connectivity index (χ1n) is 10.9. The minimum Gasteiger partial charge on any atom is -0.477 e. The maximum atomic E-state index is 12.9. The maximum absolute atomic E-state index is 12.9. The molecule has 2 aromatic rings. The Bertz CT molecular complexity index is 1240. The average molecular weight is 567 g/mol. The van der Waals surface area contributed by atoms with Gasteiger partial charge in [0.1, 0.15) is 29.9 Å². The molecule has 0 spiro atoms. The van der Waals surface area contributed by atoms with Gasteiger partial charge in [-0.3, -0.25) is 14.5 Å². The molecule has 0 aliphatic carbocycles. The van der Waals surface area contributed by atoms with Crippen LogP contribution in [0.3, 0.4) is 0 Å². The van der Waals surface area contributed by atoms with Crippen LogP contribution < -0.4 is 21.2 Å². The number of thiazole rings is 1. The number of nitrogens with one attached hydrogen (secondary N) is 2. The largest absolute Gasteiger partial charge is 0.477 e. The van der Waals surface area contributed by atoms with Gasteiger partial charge in [-0.05, 0) is 6.08 Å². The first-order chi connectivity index (χ1) is 17.8. The Hall–Kier alpha value is -3.34. The van der Waals surface area contributed by atoms with Crippen LogP contribution in [-0.4, -0.2) is 86.3 Å². The highest BCUT2D eigenvalue weighted by atomic mass is 32.2. The van der Waals surface area contributed by atoms with E-state index in [2.05, 4.69) is 20.9 Å². The van der Waals surface area contributed by atoms with Gasteiger partial charge in [0.2, 0.25) is 12.4 Å². The number of carboxylic acids is 1. The lowest BCUT2D eigenvalue weighted by Crippen LogP contribution is -2.71. The van der Waals surface area contributed by atoms with Crippen molar-refractivity contribution in [2.45, 2.75) is 21.6 Å². The number of β-lactam (4-membered cyclic amide) rings is 1. The number of carbonyl (C=O) groups excluding carboxylic acids is 2. The molecule has 0 bridgehead atoms. The van der Waals surface area contributed by atoms with Gasteiger partial charge in [-0.25, -0.2) is 9.78 Å². The maximum Gasteiger partial charge on any atom is 0.352 e. The molecule has 2 aliphatic heterocycles. The number of nitrogen functional groups attached to an aromatic ring is 1. The number of carbonyl (C=O) groups is 3. The van der Waals surface area contributed by atoms with Gasteiger partial charge in [-0.2, -0.15) is 5.43 Å². The molecular weight excluding hydrogens is 542 g/mol. The van der Waals surface area contributed by atoms with E-state index in [0.717, 1.165) is 16.2 Å². The number of rotatable bonds is 11. The smallest absolute Gasteiger partial charge is 0.352 e. The number of aliphatic hydroxyl groups is 1. The molecule has 4 heterocycles. The molecule has 2 amide bonds. The minimum atomic E-state index is -1.21. The van der Waals surface area contributed by atoms with Crippen LogP contribution in [0.1, 0.15) is 5.69 Å². The number of fused-ring (bicyclic) bond motifs is 1. The third-order valence-corrected chi connectivity index (χ3v) is 8.68. The predicted molar refractivity (Wildman–Crippen MR) is 138 cm³/mol. The standard InChI is InChI=1S/C21H23N7O6S3/c1-34-26-15(13-10-36-21(22)24-13)17(30)25-16-18(31)28-14(20(32)33)8-12(37-19(16)28)9-35-11-2-5-27(6-3-11)23-4-7-29/h2-3,5-6,8,10,12,16,19,23,29H,4,7,9H2,1H3,(H3-,22,24,25,30,32,33)/p+1/b26-15-/t12?,16-,19-/m1/s1. The lowest BCUT2D eigenvalue weighted by atomic mass is 10.0. The molecule has 13 nitrogen and oxygen atoms in total. The highest BCUT2D eigenvalue weighted by Crippen LogP contribution is 2.42. The highest BCUT2D eigenvalue weighted by molar-refractivity contribution is 8.04. The van der Waals surface area contributed by atoms with Gasteiger partial charge in [0.05, 0.1) is 13.2 Å². The Morgan fingerprint density at radius 3 is 2.76 bits per heavy atom. The Labute approximate surface area is 223 Å². The minimum absolute atomic E-state index is 0.0166. The van der Waals surface area contributed by atoms with Crippen molar-refractivity contribution in [3.05, 3.63) is 47.4 Å². The molecular formula is C21H24N7O6S3+. The van der Waals surface area contributed by atoms with E-state index in [4.69, 9.17) is 15.7 Å². The normalized spacial score (nSPS) is 21.0. The number of aromatic nitrogens is 2. The van der Waals surface area contributed by atoms with Crippen LogP contribution in [0.25, 0.3) is 0 Å². The average Bonchev–Trinajstić information content (AvgIpc) is 3.33. The summed E-state index contributed by atoms with van der Waals surface area (Å²) < 4.78 is 1.73. The van der Waals surface area contributed by atoms with E-state index >= 15 is 0 Å². The fraction of sp³-hybridized carbons (Fsp3) is 0.333. The molecule has 16 heteroatoms. The zero-order chi connectivity index (χ0) is 26.5. The lowest BCUT2D eigenvalue weighted by molar-refractivity contribution is -0.650. The highest BCUT2D eigenvalue weighted by Gasteiger charge is 2.54. The fourth-order valence-electron chi connectivity index (χ4n) is 3.60. The summed E-state index contributed by atoms with van der Waals surface area (Å²) in [6.07, 6.45) is 5.20. The van der Waals surface area contributed by atoms with E-state index in [9.17, 15) is 19.5 Å². The summed E-state index contributed by atoms with van der Waals surface area (Å²) in [4.78, 5) is 48.6. The van der Waals surface area contributed by atoms with E-state index in [1.165, 1.54) is 35.5 Å². The zero-order valence-corrected chi connectivity index (χ0v) is 21.9. The number of carboxylic acid groups (broad SMARTS) is 1. The number of nitrogens with zero attached hydrogens (tertiary/aromatic N) is 4. The summed E-state index contributed by atoms with van der Waals surface area (Å²) in [5, 5.41) is 26.0. The molecule has 2 aliphatic rings. The molecule has 37 heavy (non-hydrogen) atoms. The van der Waals surface area contributed by atoms with E-state index in [0.29, 0.717) is 12.3 Å². The number of hydrogen-bond acceptors (Lipinski definition) is 12. The second-order valence-electron chi connectivity index (χ2n) is 7.66. The number of amides is 2. The van der Waals surface area contributed by atoms with Crippen molar-refractivity contribution in [2.24, 2.45) is 5.16 Å². The van der Waals surface area contributed by atoms with Gasteiger partial charge in [-0.15, -0.1) is 34.9 Å². The Morgan fingerprint density at radius 1 is 1.38 bits per heavy atom. The lowest BCUT2D eigenvalue weighted by Gasteiger charge is -2.49. The molecule has 0 radical (unpaired) electrons. The summed E-state index contributed by atoms with van der Waals surface area (Å²) in [6.45, 7) is 0.437. The number of pyridine rings is 1. The molecule has 0 aromatic carbocycles. The number of aliphatic hydroxyl groups excluding tert-OH is 1. The molecule has 1 fully saturated rings. The van der Waals surface area contributed by atoms with Crippen LogP contribution in [0, 0.1) is 0 Å². The molecule has 196 valence electrons. The van der Waals surface area contributed by atoms with E-state index in [1.807, 2.05) is 24.5 Å². The number of thioether (sulfide) groups is 2. The molecule has 0 saturated carbocycles. The van der Waals surface area contributed by atoms with Crippen molar-refractivity contribution >= 4 is 63.5 Å². The molecule has 4 rings (SSSR count). The number of oxime groups is 1. The van der Waals surface area contributed by atoms with Crippen molar-refractivity contribution in [1.82, 2.24) is 15.2 Å². The van der Waals surface area contributed by atoms with Crippen LogP contribution in [-0.2, 0) is 19.2 Å². The van der Waals surface area contributed by atoms with Crippen molar-refractivity contribution < 1.29 is 34.1 Å². The van der Waals surface area contributed by atoms with E-state index in [1.54, 1.807) is 16.1 Å². The van der Waals surface area contributed by atoms with Gasteiger partial charge < -0.3 is 26.1 Å². The van der Waals surface area contributed by atoms with Gasteiger partial charge >= 0.3 is 5.97 Å². The van der Waals surface area contributed by atoms with Crippen molar-refractivity contribution in [2.75, 3.05) is 37.2 Å². The van der Waals surface area contributed by atoms with E-state index < -0.39 is 29.2 Å². The summed E-state index contributed by atoms with van der Waals surface area (Å²) >= 11 is 4.05. The van der Waals surface area contributed by atoms with E-state index in [-0.39, 0.29) is 34.1 Å². The number of hydrogen-bond donors (Lipinski definition) is 5. The molecule has 2 aromatic heterocycles. The Morgan fingerprint density at radius 2 is 2.14 bits per heavy atom. The first kappa shape index (κ1) is 26.7. The summed E-state index contributed by atoms with van der Waals surface area (Å²) in [7, 11) is 1.28. The quantitative estimate of drug-likeness (QED) is 0.0772. The molecule has 6 N–H and O–H groups in total. The first-order valence-corrected chi connectivity index (χ1v) is 13.7. The second kappa shape index (κ2) is 11.8. The predicted octanol–water partition coefficient (Wildman–Crippen LogP) is -0.572. The number of anilines is 1. The summed E-state index contributed by atoms with van der Waals surface area (Å²) in [5.41, 5.74) is 8.61. The zero-order valence-electron chi connectivity index (χ0n) is 19.4. The van der Waals surface area contributed by atoms with Crippen molar-refractivity contribution in [3.63, 3.8) is 0 Å². The monoisotopic (exact) mass is 566 g/mol.